The van der Waals surface area contributed by atoms with E-state index in [2.05, 4.69) is 4.74 Å². The van der Waals surface area contributed by atoms with E-state index >= 15 is 0 Å². The van der Waals surface area contributed by atoms with Crippen molar-refractivity contribution in [3.63, 3.8) is 0 Å². The predicted molar refractivity (Wildman–Crippen MR) is 57.2 cm³/mol. The SMILES string of the molecule is CCOC(=O)[C@]1(F)C[C@H]1C(=O)c1cccs1. The zero-order chi connectivity index (χ0) is 11.8. The molecule has 1 aliphatic carbocycles. The molecule has 3 nitrogen and oxygen atoms in total. The van der Waals surface area contributed by atoms with Crippen molar-refractivity contribution < 1.29 is 18.7 Å². The first kappa shape index (κ1) is 11.3. The summed E-state index contributed by atoms with van der Waals surface area (Å²) in [5.74, 6) is -2.07. The molecule has 1 aromatic rings. The van der Waals surface area contributed by atoms with Gasteiger partial charge in [-0.15, -0.1) is 11.3 Å². The predicted octanol–water partition coefficient (Wildman–Crippen LogP) is 2.22. The van der Waals surface area contributed by atoms with Gasteiger partial charge < -0.3 is 4.74 Å². The third-order valence-corrected chi connectivity index (χ3v) is 3.47. The molecule has 0 spiro atoms. The molecule has 5 heteroatoms. The maximum atomic E-state index is 13.9. The maximum absolute atomic E-state index is 13.9. The van der Waals surface area contributed by atoms with Crippen molar-refractivity contribution in [2.75, 3.05) is 6.61 Å². The van der Waals surface area contributed by atoms with Gasteiger partial charge in [0.05, 0.1) is 17.4 Å². The fraction of sp³-hybridized carbons (Fsp3) is 0.455. The summed E-state index contributed by atoms with van der Waals surface area (Å²) in [6.45, 7) is 1.74. The van der Waals surface area contributed by atoms with E-state index in [0.717, 1.165) is 0 Å². The quantitative estimate of drug-likeness (QED) is 0.600. The van der Waals surface area contributed by atoms with Gasteiger partial charge in [-0.05, 0) is 18.4 Å². The molecule has 0 radical (unpaired) electrons. The normalized spacial score (nSPS) is 27.5. The number of carbonyl (C=O) groups excluding carboxylic acids is 2. The van der Waals surface area contributed by atoms with Crippen LogP contribution in [0.1, 0.15) is 23.0 Å². The van der Waals surface area contributed by atoms with Gasteiger partial charge in [-0.2, -0.15) is 0 Å². The highest BCUT2D eigenvalue weighted by atomic mass is 32.1. The van der Waals surface area contributed by atoms with Crippen LogP contribution in [0.5, 0.6) is 0 Å². The van der Waals surface area contributed by atoms with E-state index in [4.69, 9.17) is 0 Å². The highest BCUT2D eigenvalue weighted by molar-refractivity contribution is 7.12. The van der Waals surface area contributed by atoms with Crippen molar-refractivity contribution in [1.29, 1.82) is 0 Å². The Labute approximate surface area is 96.2 Å². The number of hydrogen-bond acceptors (Lipinski definition) is 4. The molecule has 0 aliphatic heterocycles. The third-order valence-electron chi connectivity index (χ3n) is 2.59. The molecule has 0 bridgehead atoms. The van der Waals surface area contributed by atoms with E-state index in [-0.39, 0.29) is 18.8 Å². The second-order valence-electron chi connectivity index (χ2n) is 3.68. The van der Waals surface area contributed by atoms with Crippen LogP contribution in [0.25, 0.3) is 0 Å². The molecular weight excluding hydrogens is 231 g/mol. The lowest BCUT2D eigenvalue weighted by Crippen LogP contribution is -2.25. The highest BCUT2D eigenvalue weighted by Gasteiger charge is 2.66. The molecule has 0 aromatic carbocycles. The minimum atomic E-state index is -2.09. The number of ketones is 1. The molecule has 16 heavy (non-hydrogen) atoms. The Morgan fingerprint density at radius 2 is 2.44 bits per heavy atom. The van der Waals surface area contributed by atoms with Crippen LogP contribution in [0.2, 0.25) is 0 Å². The standard InChI is InChI=1S/C11H11FO3S/c1-2-15-10(14)11(12)6-7(11)9(13)8-4-3-5-16-8/h3-5,7H,2,6H2,1H3/t7-,11-/m0/s1. The van der Waals surface area contributed by atoms with E-state index in [1.807, 2.05) is 0 Å². The molecule has 0 saturated heterocycles. The molecule has 1 fully saturated rings. The number of alkyl halides is 1. The van der Waals surface area contributed by atoms with E-state index < -0.39 is 17.6 Å². The van der Waals surface area contributed by atoms with Crippen molar-refractivity contribution in [1.82, 2.24) is 0 Å². The van der Waals surface area contributed by atoms with Crippen molar-refractivity contribution >= 4 is 23.1 Å². The van der Waals surface area contributed by atoms with Crippen LogP contribution < -0.4 is 0 Å². The molecule has 1 saturated carbocycles. The Bertz CT molecular complexity index is 415. The zero-order valence-electron chi connectivity index (χ0n) is 8.73. The Morgan fingerprint density at radius 1 is 1.69 bits per heavy atom. The first-order valence-corrected chi connectivity index (χ1v) is 5.91. The van der Waals surface area contributed by atoms with Crippen LogP contribution in [-0.2, 0) is 9.53 Å². The molecule has 86 valence electrons. The summed E-state index contributed by atoms with van der Waals surface area (Å²) in [5, 5.41) is 1.75. The van der Waals surface area contributed by atoms with E-state index in [0.29, 0.717) is 4.88 Å². The number of esters is 1. The fourth-order valence-corrected chi connectivity index (χ4v) is 2.33. The van der Waals surface area contributed by atoms with Gasteiger partial charge in [0.15, 0.2) is 5.78 Å². The van der Waals surface area contributed by atoms with Crippen molar-refractivity contribution in [3.8, 4) is 0 Å². The van der Waals surface area contributed by atoms with Crippen molar-refractivity contribution in [3.05, 3.63) is 22.4 Å². The fourth-order valence-electron chi connectivity index (χ4n) is 1.61. The molecule has 1 heterocycles. The van der Waals surface area contributed by atoms with Gasteiger partial charge in [0.2, 0.25) is 5.67 Å². The number of halogens is 1. The van der Waals surface area contributed by atoms with E-state index in [1.54, 1.807) is 24.4 Å². The number of ether oxygens (including phenoxy) is 1. The van der Waals surface area contributed by atoms with Gasteiger partial charge in [-0.1, -0.05) is 6.07 Å². The summed E-state index contributed by atoms with van der Waals surface area (Å²) < 4.78 is 18.5. The zero-order valence-corrected chi connectivity index (χ0v) is 9.55. The lowest BCUT2D eigenvalue weighted by molar-refractivity contribution is -0.151. The summed E-state index contributed by atoms with van der Waals surface area (Å²) in [6.07, 6.45) is -0.0530. The van der Waals surface area contributed by atoms with Gasteiger partial charge in [-0.3, -0.25) is 4.79 Å². The minimum absolute atomic E-state index is 0.0530. The van der Waals surface area contributed by atoms with Crippen LogP contribution in [0.3, 0.4) is 0 Å². The lowest BCUT2D eigenvalue weighted by Gasteiger charge is -2.05. The monoisotopic (exact) mass is 242 g/mol. The third kappa shape index (κ3) is 1.75. The summed E-state index contributed by atoms with van der Waals surface area (Å²) in [7, 11) is 0. The summed E-state index contributed by atoms with van der Waals surface area (Å²) in [4.78, 5) is 23.5. The average Bonchev–Trinajstić information content (AvgIpc) is 2.74. The Balaban J connectivity index is 2.05. The molecule has 0 amide bonds. The molecular formula is C11H11FO3S. The van der Waals surface area contributed by atoms with Gasteiger partial charge in [0.25, 0.3) is 0 Å². The Kier molecular flexibility index (Phi) is 2.80. The van der Waals surface area contributed by atoms with Crippen molar-refractivity contribution in [2.24, 2.45) is 5.92 Å². The van der Waals surface area contributed by atoms with E-state index in [9.17, 15) is 14.0 Å². The largest absolute Gasteiger partial charge is 0.464 e. The van der Waals surface area contributed by atoms with Gasteiger partial charge in [0, 0.05) is 6.42 Å². The first-order valence-electron chi connectivity index (χ1n) is 5.03. The van der Waals surface area contributed by atoms with Crippen LogP contribution in [0.15, 0.2) is 17.5 Å². The average molecular weight is 242 g/mol. The molecule has 2 rings (SSSR count). The topological polar surface area (TPSA) is 43.4 Å². The number of carbonyl (C=O) groups is 2. The van der Waals surface area contributed by atoms with Crippen LogP contribution in [-0.4, -0.2) is 24.0 Å². The highest BCUT2D eigenvalue weighted by Crippen LogP contribution is 2.50. The smallest absolute Gasteiger partial charge is 0.344 e. The van der Waals surface area contributed by atoms with Crippen LogP contribution in [0.4, 0.5) is 4.39 Å². The van der Waals surface area contributed by atoms with Gasteiger partial charge >= 0.3 is 5.97 Å². The number of thiophene rings is 1. The number of Topliss-reactive ketones (excluding diaryl/α,β-unsaturated/α-hetero) is 1. The maximum Gasteiger partial charge on any atom is 0.344 e. The van der Waals surface area contributed by atoms with Crippen LogP contribution >= 0.6 is 11.3 Å². The van der Waals surface area contributed by atoms with Gasteiger partial charge in [-0.25, -0.2) is 9.18 Å². The summed E-state index contributed by atoms with van der Waals surface area (Å²) >= 11 is 1.26. The second kappa shape index (κ2) is 3.97. The lowest BCUT2D eigenvalue weighted by atomic mass is 10.1. The Hall–Kier alpha value is -1.23. The van der Waals surface area contributed by atoms with Gasteiger partial charge in [0.1, 0.15) is 0 Å². The van der Waals surface area contributed by atoms with E-state index in [1.165, 1.54) is 11.3 Å². The summed E-state index contributed by atoms with van der Waals surface area (Å²) in [5.41, 5.74) is -2.09. The molecule has 1 aliphatic rings. The molecule has 0 unspecified atom stereocenters. The second-order valence-corrected chi connectivity index (χ2v) is 4.63. The molecule has 2 atom stereocenters. The minimum Gasteiger partial charge on any atom is -0.464 e. The molecule has 1 aromatic heterocycles. The Morgan fingerprint density at radius 3 is 3.00 bits per heavy atom. The van der Waals surface area contributed by atoms with Crippen LogP contribution in [0, 0.1) is 5.92 Å². The number of rotatable bonds is 4. The molecule has 0 N–H and O–H groups in total. The first-order chi connectivity index (χ1) is 7.59. The van der Waals surface area contributed by atoms with Crippen molar-refractivity contribution in [2.45, 2.75) is 19.0 Å². The number of hydrogen-bond donors (Lipinski definition) is 0. The summed E-state index contributed by atoms with van der Waals surface area (Å²) in [6, 6.07) is 3.36.